The number of carbonyl (C=O) groups is 2. The molecule has 130 valence electrons. The summed E-state index contributed by atoms with van der Waals surface area (Å²) in [6, 6.07) is 21.3. The summed E-state index contributed by atoms with van der Waals surface area (Å²) in [6.07, 6.45) is 0. The quantitative estimate of drug-likeness (QED) is 0.667. The van der Waals surface area contributed by atoms with E-state index < -0.39 is 5.97 Å². The first kappa shape index (κ1) is 17.4. The topological polar surface area (TPSA) is 63.6 Å². The van der Waals surface area contributed by atoms with E-state index in [1.54, 1.807) is 43.3 Å². The predicted molar refractivity (Wildman–Crippen MR) is 98.8 cm³/mol. The van der Waals surface area contributed by atoms with Gasteiger partial charge >= 0.3 is 5.97 Å². The summed E-state index contributed by atoms with van der Waals surface area (Å²) in [7, 11) is 0. The highest BCUT2D eigenvalue weighted by Gasteiger charge is 2.20. The lowest BCUT2D eigenvalue weighted by atomic mass is 9.96. The fraction of sp³-hybridized carbons (Fsp3) is 0.0909. The second kappa shape index (κ2) is 7.66. The minimum atomic E-state index is -1.16. The maximum Gasteiger partial charge on any atom is 0.336 e. The third-order valence-corrected chi connectivity index (χ3v) is 4.06. The van der Waals surface area contributed by atoms with Crippen molar-refractivity contribution in [2.45, 2.75) is 13.5 Å². The Morgan fingerprint density at radius 1 is 0.885 bits per heavy atom. The Bertz CT molecular complexity index is 931. The molecule has 0 fully saturated rings. The van der Waals surface area contributed by atoms with Gasteiger partial charge in [-0.3, -0.25) is 4.79 Å². The number of ether oxygens (including phenoxy) is 1. The summed E-state index contributed by atoms with van der Waals surface area (Å²) in [4.78, 5) is 24.4. The number of hydrogen-bond acceptors (Lipinski definition) is 3. The first-order valence-electron chi connectivity index (χ1n) is 8.20. The number of rotatable bonds is 6. The number of carboxylic acid groups (broad SMARTS) is 1. The van der Waals surface area contributed by atoms with Crippen molar-refractivity contribution in [2.24, 2.45) is 0 Å². The molecular weight excluding hydrogens is 328 g/mol. The van der Waals surface area contributed by atoms with Crippen molar-refractivity contribution in [2.75, 3.05) is 0 Å². The molecule has 0 aromatic heterocycles. The van der Waals surface area contributed by atoms with Crippen molar-refractivity contribution in [1.29, 1.82) is 0 Å². The van der Waals surface area contributed by atoms with Crippen LogP contribution in [0.25, 0.3) is 0 Å². The molecule has 0 spiro atoms. The maximum atomic E-state index is 12.7. The molecule has 0 bridgehead atoms. The number of ketones is 1. The Morgan fingerprint density at radius 2 is 1.50 bits per heavy atom. The van der Waals surface area contributed by atoms with Gasteiger partial charge in [-0.2, -0.15) is 0 Å². The summed E-state index contributed by atoms with van der Waals surface area (Å²) >= 11 is 0. The Balaban J connectivity index is 1.93. The molecule has 0 saturated heterocycles. The van der Waals surface area contributed by atoms with Gasteiger partial charge < -0.3 is 9.84 Å². The minimum absolute atomic E-state index is 0.0625. The predicted octanol–water partition coefficient (Wildman–Crippen LogP) is 4.50. The number of hydrogen-bond donors (Lipinski definition) is 1. The van der Waals surface area contributed by atoms with E-state index in [2.05, 4.69) is 0 Å². The molecular formula is C22H18O4. The van der Waals surface area contributed by atoms with Crippen molar-refractivity contribution >= 4 is 11.8 Å². The minimum Gasteiger partial charge on any atom is -0.489 e. The number of aryl methyl sites for hydroxylation is 1. The molecule has 0 aliphatic carbocycles. The van der Waals surface area contributed by atoms with Gasteiger partial charge in [0.15, 0.2) is 5.78 Å². The van der Waals surface area contributed by atoms with Gasteiger partial charge in [-0.25, -0.2) is 4.79 Å². The first-order chi connectivity index (χ1) is 12.6. The number of carboxylic acids is 1. The van der Waals surface area contributed by atoms with Gasteiger partial charge in [-0.05, 0) is 30.2 Å². The standard InChI is InChI=1S/C22H18O4/c1-15-12-18(21(23)17-10-6-3-7-11-17)19(22(24)25)13-20(15)26-14-16-8-4-2-5-9-16/h2-13H,14H2,1H3,(H,24,25). The molecule has 4 heteroatoms. The fourth-order valence-corrected chi connectivity index (χ4v) is 2.69. The average Bonchev–Trinajstić information content (AvgIpc) is 2.67. The highest BCUT2D eigenvalue weighted by atomic mass is 16.5. The van der Waals surface area contributed by atoms with E-state index in [0.29, 0.717) is 23.5 Å². The molecule has 0 saturated carbocycles. The van der Waals surface area contributed by atoms with Crippen LogP contribution in [-0.4, -0.2) is 16.9 Å². The van der Waals surface area contributed by atoms with Crippen LogP contribution < -0.4 is 4.74 Å². The molecule has 0 aliphatic rings. The van der Waals surface area contributed by atoms with Gasteiger partial charge in [0.25, 0.3) is 0 Å². The SMILES string of the molecule is Cc1cc(C(=O)c2ccccc2)c(C(=O)O)cc1OCc1ccccc1. The van der Waals surface area contributed by atoms with Crippen molar-refractivity contribution < 1.29 is 19.4 Å². The molecule has 26 heavy (non-hydrogen) atoms. The summed E-state index contributed by atoms with van der Waals surface area (Å²) in [5.74, 6) is -1.02. The molecule has 3 aromatic rings. The van der Waals surface area contributed by atoms with Crippen LogP contribution in [-0.2, 0) is 6.61 Å². The van der Waals surface area contributed by atoms with E-state index in [-0.39, 0.29) is 16.9 Å². The molecule has 3 rings (SSSR count). The van der Waals surface area contributed by atoms with E-state index in [1.807, 2.05) is 30.3 Å². The van der Waals surface area contributed by atoms with Gasteiger partial charge in [-0.1, -0.05) is 60.7 Å². The van der Waals surface area contributed by atoms with Crippen molar-refractivity contribution in [3.63, 3.8) is 0 Å². The average molecular weight is 346 g/mol. The third-order valence-electron chi connectivity index (χ3n) is 4.06. The lowest BCUT2D eigenvalue weighted by Gasteiger charge is -2.13. The van der Waals surface area contributed by atoms with Crippen LogP contribution in [0.5, 0.6) is 5.75 Å². The third kappa shape index (κ3) is 3.81. The largest absolute Gasteiger partial charge is 0.489 e. The highest BCUT2D eigenvalue weighted by Crippen LogP contribution is 2.26. The molecule has 4 nitrogen and oxygen atoms in total. The zero-order valence-electron chi connectivity index (χ0n) is 14.3. The summed E-state index contributed by atoms with van der Waals surface area (Å²) < 4.78 is 5.78. The summed E-state index contributed by atoms with van der Waals surface area (Å²) in [5.41, 5.74) is 2.24. The van der Waals surface area contributed by atoms with Crippen LogP contribution in [0.3, 0.4) is 0 Å². The lowest BCUT2D eigenvalue weighted by molar-refractivity contribution is 0.0692. The van der Waals surface area contributed by atoms with Gasteiger partial charge in [0, 0.05) is 11.1 Å². The Kier molecular flexibility index (Phi) is 5.13. The Morgan fingerprint density at radius 3 is 2.12 bits per heavy atom. The lowest BCUT2D eigenvalue weighted by Crippen LogP contribution is -2.11. The van der Waals surface area contributed by atoms with E-state index in [0.717, 1.165) is 5.56 Å². The van der Waals surface area contributed by atoms with Gasteiger partial charge in [0.2, 0.25) is 0 Å². The molecule has 0 radical (unpaired) electrons. The Labute approximate surface area is 151 Å². The van der Waals surface area contributed by atoms with Gasteiger partial charge in [-0.15, -0.1) is 0 Å². The van der Waals surface area contributed by atoms with E-state index >= 15 is 0 Å². The zero-order chi connectivity index (χ0) is 18.5. The van der Waals surface area contributed by atoms with Crippen LogP contribution in [0.4, 0.5) is 0 Å². The first-order valence-corrected chi connectivity index (χ1v) is 8.20. The maximum absolute atomic E-state index is 12.7. The molecule has 0 unspecified atom stereocenters. The zero-order valence-corrected chi connectivity index (χ0v) is 14.3. The molecule has 3 aromatic carbocycles. The second-order valence-corrected chi connectivity index (χ2v) is 5.94. The second-order valence-electron chi connectivity index (χ2n) is 5.94. The van der Waals surface area contributed by atoms with E-state index in [4.69, 9.17) is 4.74 Å². The van der Waals surface area contributed by atoms with Gasteiger partial charge in [0.05, 0.1) is 5.56 Å². The number of carbonyl (C=O) groups excluding carboxylic acids is 1. The van der Waals surface area contributed by atoms with Crippen LogP contribution in [0.15, 0.2) is 72.8 Å². The number of benzene rings is 3. The smallest absolute Gasteiger partial charge is 0.336 e. The van der Waals surface area contributed by atoms with Crippen LogP contribution in [0, 0.1) is 6.92 Å². The van der Waals surface area contributed by atoms with Crippen LogP contribution in [0.2, 0.25) is 0 Å². The van der Waals surface area contributed by atoms with Crippen molar-refractivity contribution in [3.8, 4) is 5.75 Å². The highest BCUT2D eigenvalue weighted by molar-refractivity contribution is 6.14. The molecule has 0 amide bonds. The monoisotopic (exact) mass is 346 g/mol. The van der Waals surface area contributed by atoms with Crippen molar-refractivity contribution in [1.82, 2.24) is 0 Å². The molecule has 0 heterocycles. The fourth-order valence-electron chi connectivity index (χ4n) is 2.69. The number of aromatic carboxylic acids is 1. The van der Waals surface area contributed by atoms with E-state index in [1.165, 1.54) is 6.07 Å². The Hall–Kier alpha value is -3.40. The van der Waals surface area contributed by atoms with Gasteiger partial charge in [0.1, 0.15) is 12.4 Å². The summed E-state index contributed by atoms with van der Waals surface area (Å²) in [5, 5.41) is 9.55. The normalized spacial score (nSPS) is 10.3. The molecule has 1 N–H and O–H groups in total. The van der Waals surface area contributed by atoms with Crippen LogP contribution in [0.1, 0.15) is 37.4 Å². The molecule has 0 atom stereocenters. The molecule has 0 aliphatic heterocycles. The van der Waals surface area contributed by atoms with Crippen molar-refractivity contribution in [3.05, 3.63) is 101 Å². The van der Waals surface area contributed by atoms with Crippen LogP contribution >= 0.6 is 0 Å². The van der Waals surface area contributed by atoms with E-state index in [9.17, 15) is 14.7 Å². The summed E-state index contributed by atoms with van der Waals surface area (Å²) in [6.45, 7) is 2.13.